The molecule has 2 N–H and O–H groups in total. The first-order chi connectivity index (χ1) is 7.94. The van der Waals surface area contributed by atoms with Gasteiger partial charge in [0, 0.05) is 12.8 Å². The number of ether oxygens (including phenoxy) is 1. The molecule has 1 heterocycles. The molecule has 0 aliphatic heterocycles. The van der Waals surface area contributed by atoms with E-state index >= 15 is 0 Å². The average molecular weight is 240 g/mol. The fraction of sp³-hybridized carbons (Fsp3) is 0.545. The summed E-state index contributed by atoms with van der Waals surface area (Å²) in [6, 6.07) is 0. The number of carboxylic acid groups (broad SMARTS) is 1. The van der Waals surface area contributed by atoms with Crippen molar-refractivity contribution in [3.8, 4) is 0 Å². The van der Waals surface area contributed by atoms with Gasteiger partial charge in [-0.25, -0.2) is 9.78 Å². The summed E-state index contributed by atoms with van der Waals surface area (Å²) in [5.41, 5.74) is -1.74. The smallest absolute Gasteiger partial charge is 0.342 e. The summed E-state index contributed by atoms with van der Waals surface area (Å²) in [7, 11) is 0. The third-order valence-corrected chi connectivity index (χ3v) is 2.67. The second kappa shape index (κ2) is 5.09. The van der Waals surface area contributed by atoms with Gasteiger partial charge in [-0.3, -0.25) is 4.79 Å². The van der Waals surface area contributed by atoms with Crippen LogP contribution in [0.3, 0.4) is 0 Å². The summed E-state index contributed by atoms with van der Waals surface area (Å²) in [5, 5.41) is 8.73. The quantitative estimate of drug-likeness (QED) is 0.804. The lowest BCUT2D eigenvalue weighted by molar-refractivity contribution is -0.0392. The zero-order chi connectivity index (χ0) is 13.1. The molecular formula is C11H16N2O4. The van der Waals surface area contributed by atoms with Crippen molar-refractivity contribution in [3.05, 3.63) is 27.9 Å². The third-order valence-electron chi connectivity index (χ3n) is 2.67. The molecule has 1 rings (SSSR count). The predicted molar refractivity (Wildman–Crippen MR) is 61.1 cm³/mol. The number of nitrogens with zero attached hydrogens (tertiary/aromatic N) is 1. The van der Waals surface area contributed by atoms with Crippen LogP contribution in [-0.2, 0) is 10.3 Å². The van der Waals surface area contributed by atoms with Crippen LogP contribution in [0, 0.1) is 0 Å². The van der Waals surface area contributed by atoms with Gasteiger partial charge in [0.15, 0.2) is 0 Å². The van der Waals surface area contributed by atoms with Gasteiger partial charge < -0.3 is 14.8 Å². The lowest BCUT2D eigenvalue weighted by Gasteiger charge is -2.26. The summed E-state index contributed by atoms with van der Waals surface area (Å²) >= 11 is 0. The van der Waals surface area contributed by atoms with Gasteiger partial charge in [0.05, 0.1) is 0 Å². The Kier molecular flexibility index (Phi) is 4.01. The topological polar surface area (TPSA) is 92.3 Å². The Bertz CT molecular complexity index is 469. The molecule has 0 aromatic carbocycles. The van der Waals surface area contributed by atoms with Gasteiger partial charge in [0.25, 0.3) is 5.56 Å². The van der Waals surface area contributed by atoms with Crippen molar-refractivity contribution < 1.29 is 14.6 Å². The van der Waals surface area contributed by atoms with E-state index in [-0.39, 0.29) is 5.56 Å². The Hall–Kier alpha value is -1.69. The fourth-order valence-corrected chi connectivity index (χ4v) is 1.47. The number of hydrogen-bond acceptors (Lipinski definition) is 4. The summed E-state index contributed by atoms with van der Waals surface area (Å²) in [5.74, 6) is -0.947. The van der Waals surface area contributed by atoms with Crippen molar-refractivity contribution in [2.45, 2.75) is 32.8 Å². The lowest BCUT2D eigenvalue weighted by atomic mass is 10.0. The van der Waals surface area contributed by atoms with Gasteiger partial charge >= 0.3 is 5.97 Å². The van der Waals surface area contributed by atoms with Crippen LogP contribution in [0.15, 0.2) is 11.0 Å². The second-order valence-electron chi connectivity index (χ2n) is 3.80. The van der Waals surface area contributed by atoms with E-state index in [2.05, 4.69) is 9.97 Å². The van der Waals surface area contributed by atoms with Crippen LogP contribution >= 0.6 is 0 Å². The molecule has 94 valence electrons. The van der Waals surface area contributed by atoms with E-state index in [9.17, 15) is 9.59 Å². The maximum absolute atomic E-state index is 11.5. The van der Waals surface area contributed by atoms with Crippen LogP contribution in [0.5, 0.6) is 0 Å². The predicted octanol–water partition coefficient (Wildman–Crippen LogP) is 1.13. The second-order valence-corrected chi connectivity index (χ2v) is 3.80. The molecule has 17 heavy (non-hydrogen) atoms. The van der Waals surface area contributed by atoms with Gasteiger partial charge in [-0.1, -0.05) is 6.92 Å². The number of aromatic amines is 1. The van der Waals surface area contributed by atoms with Crippen molar-refractivity contribution in [2.24, 2.45) is 0 Å². The molecule has 1 atom stereocenters. The van der Waals surface area contributed by atoms with Crippen LogP contribution in [0.25, 0.3) is 0 Å². The maximum atomic E-state index is 11.5. The normalized spacial score (nSPS) is 14.3. The number of rotatable bonds is 5. The first-order valence-electron chi connectivity index (χ1n) is 5.41. The molecule has 0 amide bonds. The van der Waals surface area contributed by atoms with E-state index < -0.39 is 17.1 Å². The zero-order valence-corrected chi connectivity index (χ0v) is 10.1. The molecule has 0 bridgehead atoms. The van der Waals surface area contributed by atoms with Gasteiger partial charge in [0.1, 0.15) is 17.0 Å². The minimum absolute atomic E-state index is 0.344. The molecule has 0 spiro atoms. The number of hydrogen-bond donors (Lipinski definition) is 2. The Morgan fingerprint density at radius 2 is 2.24 bits per heavy atom. The fourth-order valence-electron chi connectivity index (χ4n) is 1.47. The van der Waals surface area contributed by atoms with Crippen LogP contribution in [0.1, 0.15) is 43.4 Å². The summed E-state index contributed by atoms with van der Waals surface area (Å²) < 4.78 is 5.54. The van der Waals surface area contributed by atoms with E-state index in [4.69, 9.17) is 9.84 Å². The molecule has 0 saturated heterocycles. The van der Waals surface area contributed by atoms with Crippen molar-refractivity contribution in [3.63, 3.8) is 0 Å². The van der Waals surface area contributed by atoms with Gasteiger partial charge in [-0.05, 0) is 20.3 Å². The number of nitrogens with one attached hydrogen (secondary N) is 1. The third kappa shape index (κ3) is 2.71. The van der Waals surface area contributed by atoms with E-state index in [0.717, 1.165) is 6.20 Å². The van der Waals surface area contributed by atoms with Crippen LogP contribution < -0.4 is 5.56 Å². The number of carbonyl (C=O) groups is 1. The molecule has 6 heteroatoms. The molecule has 0 saturated carbocycles. The van der Waals surface area contributed by atoms with Gasteiger partial charge in [-0.2, -0.15) is 0 Å². The maximum Gasteiger partial charge on any atom is 0.342 e. The van der Waals surface area contributed by atoms with Crippen molar-refractivity contribution in [1.82, 2.24) is 9.97 Å². The van der Waals surface area contributed by atoms with Gasteiger partial charge in [0.2, 0.25) is 0 Å². The summed E-state index contributed by atoms with van der Waals surface area (Å²) in [6.45, 7) is 6.03. The van der Waals surface area contributed by atoms with Gasteiger partial charge in [-0.15, -0.1) is 0 Å². The zero-order valence-electron chi connectivity index (χ0n) is 10.1. The van der Waals surface area contributed by atoms with Crippen molar-refractivity contribution >= 4 is 5.97 Å². The monoisotopic (exact) mass is 240 g/mol. The van der Waals surface area contributed by atoms with E-state index in [1.807, 2.05) is 13.8 Å². The highest BCUT2D eigenvalue weighted by atomic mass is 16.5. The average Bonchev–Trinajstić information content (AvgIpc) is 2.28. The molecule has 0 radical (unpaired) electrons. The Morgan fingerprint density at radius 3 is 2.65 bits per heavy atom. The highest BCUT2D eigenvalue weighted by Gasteiger charge is 2.28. The molecule has 0 fully saturated rings. The number of H-pyrrole nitrogens is 1. The standard InChI is InChI=1S/C11H16N2O4/c1-4-11(3,17-5-2)10-12-6-7(9(15)16)8(14)13-10/h6H,4-5H2,1-3H3,(H,15,16)(H,12,13,14). The highest BCUT2D eigenvalue weighted by Crippen LogP contribution is 2.24. The van der Waals surface area contributed by atoms with Crippen molar-refractivity contribution in [1.29, 1.82) is 0 Å². The summed E-state index contributed by atoms with van der Waals surface area (Å²) in [6.07, 6.45) is 1.68. The molecular weight excluding hydrogens is 224 g/mol. The minimum atomic E-state index is -1.29. The Balaban J connectivity index is 3.20. The van der Waals surface area contributed by atoms with E-state index in [1.165, 1.54) is 0 Å². The first kappa shape index (κ1) is 13.4. The van der Waals surface area contributed by atoms with E-state index in [1.54, 1.807) is 6.92 Å². The summed E-state index contributed by atoms with van der Waals surface area (Å²) in [4.78, 5) is 28.6. The number of aromatic carboxylic acids is 1. The highest BCUT2D eigenvalue weighted by molar-refractivity contribution is 5.86. The Morgan fingerprint density at radius 1 is 1.59 bits per heavy atom. The van der Waals surface area contributed by atoms with Crippen LogP contribution in [0.2, 0.25) is 0 Å². The number of aromatic nitrogens is 2. The first-order valence-corrected chi connectivity index (χ1v) is 5.41. The van der Waals surface area contributed by atoms with Crippen LogP contribution in [0.4, 0.5) is 0 Å². The molecule has 0 aliphatic carbocycles. The lowest BCUT2D eigenvalue weighted by Crippen LogP contribution is -2.32. The van der Waals surface area contributed by atoms with E-state index in [0.29, 0.717) is 18.9 Å². The molecule has 1 unspecified atom stereocenters. The van der Waals surface area contributed by atoms with Crippen molar-refractivity contribution in [2.75, 3.05) is 6.61 Å². The van der Waals surface area contributed by atoms with Crippen LogP contribution in [-0.4, -0.2) is 27.7 Å². The molecule has 0 aliphatic rings. The SMILES string of the molecule is CCOC(C)(CC)c1ncc(C(=O)O)c(=O)[nH]1. The number of carboxylic acids is 1. The molecule has 6 nitrogen and oxygen atoms in total. The molecule has 1 aromatic heterocycles. The Labute approximate surface area is 98.7 Å². The largest absolute Gasteiger partial charge is 0.477 e. The molecule has 1 aromatic rings. The minimum Gasteiger partial charge on any atom is -0.477 e.